The van der Waals surface area contributed by atoms with Gasteiger partial charge in [-0.05, 0) is 68.5 Å². The van der Waals surface area contributed by atoms with Crippen molar-refractivity contribution in [1.82, 2.24) is 4.72 Å². The second-order valence-electron chi connectivity index (χ2n) is 9.36. The van der Waals surface area contributed by atoms with Crippen LogP contribution >= 0.6 is 0 Å². The van der Waals surface area contributed by atoms with Crippen molar-refractivity contribution in [3.05, 3.63) is 105 Å². The monoisotopic (exact) mass is 533 g/mol. The lowest BCUT2D eigenvalue weighted by Gasteiger charge is -2.19. The van der Waals surface area contributed by atoms with Crippen LogP contribution in [0.15, 0.2) is 86.9 Å². The fraction of sp³-hybridized carbons (Fsp3) is 0.267. The van der Waals surface area contributed by atoms with Gasteiger partial charge in [-0.2, -0.15) is 4.72 Å². The van der Waals surface area contributed by atoms with Crippen LogP contribution in [-0.2, 0) is 27.7 Å². The molecule has 4 rings (SSSR count). The summed E-state index contributed by atoms with van der Waals surface area (Å²) in [6.45, 7) is 5.65. The van der Waals surface area contributed by atoms with E-state index in [2.05, 4.69) is 11.6 Å². The molecule has 0 saturated heterocycles. The molecule has 1 aromatic heterocycles. The van der Waals surface area contributed by atoms with Crippen LogP contribution in [0.3, 0.4) is 0 Å². The fourth-order valence-corrected chi connectivity index (χ4v) is 5.45. The van der Waals surface area contributed by atoms with Crippen LogP contribution in [-0.4, -0.2) is 20.4 Å². The molecule has 0 radical (unpaired) electrons. The Hall–Kier alpha value is -3.75. The molecule has 1 N–H and O–H groups in total. The van der Waals surface area contributed by atoms with Gasteiger partial charge in [0.05, 0.1) is 4.90 Å². The summed E-state index contributed by atoms with van der Waals surface area (Å²) in [4.78, 5) is 25.7. The maximum atomic E-state index is 13.4. The van der Waals surface area contributed by atoms with Gasteiger partial charge in [0.15, 0.2) is 0 Å². The molecule has 0 bridgehead atoms. The molecule has 0 aliphatic carbocycles. The number of esters is 1. The van der Waals surface area contributed by atoms with Crippen molar-refractivity contribution in [3.8, 4) is 5.75 Å². The van der Waals surface area contributed by atoms with Crippen LogP contribution in [0.4, 0.5) is 0 Å². The normalized spacial score (nSPS) is 12.4. The zero-order valence-corrected chi connectivity index (χ0v) is 22.5. The standard InChI is InChI=1S/C30H31NO6S/c1-4-5-11-23-19-28(32)37-29-21(3)27(17-16-25(23)29)36-30(33)26(18-22-9-7-6-8-10-22)31-38(34,35)24-14-12-20(2)13-15-24/h6-10,12-17,19,26,31H,4-5,11,18H2,1-3H3. The third kappa shape index (κ3) is 6.38. The van der Waals surface area contributed by atoms with Crippen molar-refractivity contribution in [2.24, 2.45) is 0 Å². The highest BCUT2D eigenvalue weighted by Gasteiger charge is 2.28. The second kappa shape index (κ2) is 11.8. The van der Waals surface area contributed by atoms with E-state index < -0.39 is 27.7 Å². The number of hydrogen-bond acceptors (Lipinski definition) is 6. The number of rotatable bonds is 10. The summed E-state index contributed by atoms with van der Waals surface area (Å²) < 4.78 is 40.0. The fourth-order valence-electron chi connectivity index (χ4n) is 4.27. The molecule has 3 aromatic carbocycles. The third-order valence-electron chi connectivity index (χ3n) is 6.40. The van der Waals surface area contributed by atoms with Crippen molar-refractivity contribution in [2.75, 3.05) is 0 Å². The molecule has 0 fully saturated rings. The van der Waals surface area contributed by atoms with Gasteiger partial charge in [0.1, 0.15) is 17.4 Å². The van der Waals surface area contributed by atoms with Gasteiger partial charge >= 0.3 is 11.6 Å². The number of benzene rings is 3. The van der Waals surface area contributed by atoms with Crippen LogP contribution in [0.1, 0.15) is 42.0 Å². The van der Waals surface area contributed by atoms with E-state index in [1.165, 1.54) is 18.2 Å². The smallest absolute Gasteiger partial charge is 0.336 e. The van der Waals surface area contributed by atoms with Crippen LogP contribution in [0.5, 0.6) is 5.75 Å². The Morgan fingerprint density at radius 1 is 1.00 bits per heavy atom. The zero-order valence-electron chi connectivity index (χ0n) is 21.7. The van der Waals surface area contributed by atoms with Crippen LogP contribution in [0.2, 0.25) is 0 Å². The number of unbranched alkanes of at least 4 members (excludes halogenated alkanes) is 1. The number of aryl methyl sites for hydroxylation is 3. The number of nitrogens with one attached hydrogen (secondary N) is 1. The van der Waals surface area contributed by atoms with Crippen molar-refractivity contribution in [3.63, 3.8) is 0 Å². The summed E-state index contributed by atoms with van der Waals surface area (Å²) in [7, 11) is -4.01. The Labute approximate surface area is 222 Å². The number of sulfonamides is 1. The summed E-state index contributed by atoms with van der Waals surface area (Å²) in [5.74, 6) is -0.567. The third-order valence-corrected chi connectivity index (χ3v) is 7.89. The lowest BCUT2D eigenvalue weighted by atomic mass is 10.0. The quantitative estimate of drug-likeness (QED) is 0.170. The minimum absolute atomic E-state index is 0.0530. The van der Waals surface area contributed by atoms with Crippen molar-refractivity contribution < 1.29 is 22.4 Å². The van der Waals surface area contributed by atoms with E-state index in [0.29, 0.717) is 11.1 Å². The molecule has 0 aliphatic rings. The van der Waals surface area contributed by atoms with Gasteiger partial charge < -0.3 is 9.15 Å². The molecule has 4 aromatic rings. The molecule has 0 aliphatic heterocycles. The van der Waals surface area contributed by atoms with Gasteiger partial charge in [0.2, 0.25) is 10.0 Å². The van der Waals surface area contributed by atoms with Gasteiger partial charge in [-0.25, -0.2) is 18.0 Å². The number of fused-ring (bicyclic) bond motifs is 1. The van der Waals surface area contributed by atoms with Gasteiger partial charge in [0.25, 0.3) is 0 Å². The molecule has 0 saturated carbocycles. The molecule has 1 atom stereocenters. The predicted octanol–water partition coefficient (Wildman–Crippen LogP) is 5.25. The predicted molar refractivity (Wildman–Crippen MR) is 147 cm³/mol. The number of hydrogen-bond donors (Lipinski definition) is 1. The summed E-state index contributed by atoms with van der Waals surface area (Å²) in [6.07, 6.45) is 2.74. The molecular formula is C30H31NO6S. The van der Waals surface area contributed by atoms with Crippen molar-refractivity contribution in [1.29, 1.82) is 0 Å². The summed E-state index contributed by atoms with van der Waals surface area (Å²) in [6, 6.07) is 19.2. The van der Waals surface area contributed by atoms with Crippen molar-refractivity contribution in [2.45, 2.75) is 57.4 Å². The Morgan fingerprint density at radius 2 is 1.71 bits per heavy atom. The SMILES string of the molecule is CCCCc1cc(=O)oc2c(C)c(OC(=O)C(Cc3ccccc3)NS(=O)(=O)c3ccc(C)cc3)ccc12. The van der Waals surface area contributed by atoms with E-state index in [4.69, 9.17) is 9.15 Å². The highest BCUT2D eigenvalue weighted by atomic mass is 32.2. The zero-order chi connectivity index (χ0) is 27.3. The van der Waals surface area contributed by atoms with E-state index in [1.807, 2.05) is 37.3 Å². The minimum Gasteiger partial charge on any atom is -0.425 e. The average Bonchev–Trinajstić information content (AvgIpc) is 2.89. The summed E-state index contributed by atoms with van der Waals surface area (Å²) in [5.41, 5.74) is 2.94. The van der Waals surface area contributed by atoms with E-state index in [1.54, 1.807) is 31.2 Å². The number of carbonyl (C=O) groups is 1. The Bertz CT molecular complexity index is 1590. The Kier molecular flexibility index (Phi) is 8.44. The topological polar surface area (TPSA) is 103 Å². The molecule has 198 valence electrons. The first-order chi connectivity index (χ1) is 18.2. The minimum atomic E-state index is -4.01. The molecular weight excluding hydrogens is 502 g/mol. The molecule has 7 nitrogen and oxygen atoms in total. The lowest BCUT2D eigenvalue weighted by molar-refractivity contribution is -0.136. The van der Waals surface area contributed by atoms with Crippen molar-refractivity contribution >= 4 is 27.0 Å². The molecule has 1 heterocycles. The largest absolute Gasteiger partial charge is 0.425 e. The van der Waals surface area contributed by atoms with Crippen LogP contribution in [0, 0.1) is 13.8 Å². The van der Waals surface area contributed by atoms with E-state index in [0.717, 1.165) is 41.3 Å². The van der Waals surface area contributed by atoms with E-state index in [9.17, 15) is 18.0 Å². The number of ether oxygens (including phenoxy) is 1. The van der Waals surface area contributed by atoms with E-state index in [-0.39, 0.29) is 17.1 Å². The first kappa shape index (κ1) is 27.3. The Morgan fingerprint density at radius 3 is 2.39 bits per heavy atom. The summed E-state index contributed by atoms with van der Waals surface area (Å²) in [5, 5.41) is 0.788. The highest BCUT2D eigenvalue weighted by Crippen LogP contribution is 2.29. The second-order valence-corrected chi connectivity index (χ2v) is 11.1. The first-order valence-electron chi connectivity index (χ1n) is 12.6. The highest BCUT2D eigenvalue weighted by molar-refractivity contribution is 7.89. The van der Waals surface area contributed by atoms with Gasteiger partial charge in [-0.1, -0.05) is 61.4 Å². The van der Waals surface area contributed by atoms with Gasteiger partial charge in [0, 0.05) is 17.0 Å². The number of carbonyl (C=O) groups excluding carboxylic acids is 1. The van der Waals surface area contributed by atoms with Gasteiger partial charge in [-0.3, -0.25) is 0 Å². The lowest BCUT2D eigenvalue weighted by Crippen LogP contribution is -2.44. The molecule has 38 heavy (non-hydrogen) atoms. The maximum Gasteiger partial charge on any atom is 0.336 e. The average molecular weight is 534 g/mol. The molecule has 8 heteroatoms. The Balaban J connectivity index is 1.66. The van der Waals surface area contributed by atoms with Crippen LogP contribution in [0.25, 0.3) is 11.0 Å². The summed E-state index contributed by atoms with van der Waals surface area (Å²) >= 11 is 0. The van der Waals surface area contributed by atoms with E-state index >= 15 is 0 Å². The van der Waals surface area contributed by atoms with Crippen LogP contribution < -0.4 is 15.1 Å². The van der Waals surface area contributed by atoms with Gasteiger partial charge in [-0.15, -0.1) is 0 Å². The molecule has 1 unspecified atom stereocenters. The first-order valence-corrected chi connectivity index (χ1v) is 14.1. The maximum absolute atomic E-state index is 13.4. The molecule has 0 spiro atoms. The molecule has 0 amide bonds.